The van der Waals surface area contributed by atoms with Crippen LogP contribution in [0.2, 0.25) is 5.02 Å². The molecule has 2 fully saturated rings. The highest BCUT2D eigenvalue weighted by Gasteiger charge is 2.55. The van der Waals surface area contributed by atoms with Crippen LogP contribution in [0.15, 0.2) is 23.4 Å². The molecule has 0 aromatic heterocycles. The highest BCUT2D eigenvalue weighted by Crippen LogP contribution is 2.41. The molecule has 252 valence electrons. The van der Waals surface area contributed by atoms with Crippen LogP contribution in [0.25, 0.3) is 0 Å². The molecular weight excluding hydrogens is 615 g/mol. The maximum absolute atomic E-state index is 14.4. The van der Waals surface area contributed by atoms with Gasteiger partial charge in [0.05, 0.1) is 23.3 Å². The van der Waals surface area contributed by atoms with E-state index < -0.39 is 58.2 Å². The number of rotatable bonds is 12. The number of Topliss-reactive ketones (excluding diaryl/α,β-unsaturated/α-hetero) is 2. The summed E-state index contributed by atoms with van der Waals surface area (Å²) >= 11 is 6.01. The normalized spacial score (nSPS) is 23.0. The van der Waals surface area contributed by atoms with E-state index in [0.29, 0.717) is 24.1 Å². The predicted octanol–water partition coefficient (Wildman–Crippen LogP) is 4.87. The Hall–Kier alpha value is -3.34. The van der Waals surface area contributed by atoms with E-state index in [4.69, 9.17) is 22.2 Å². The summed E-state index contributed by atoms with van der Waals surface area (Å²) in [5.41, 5.74) is 4.55. The number of ketones is 2. The van der Waals surface area contributed by atoms with E-state index in [2.05, 4.69) is 10.5 Å². The summed E-state index contributed by atoms with van der Waals surface area (Å²) in [5, 5.41) is 7.16. The van der Waals surface area contributed by atoms with E-state index in [-0.39, 0.29) is 49.1 Å². The maximum Gasteiger partial charge on any atom is 0.285 e. The summed E-state index contributed by atoms with van der Waals surface area (Å²) in [7, 11) is 0. The molecule has 1 aromatic carbocycles. The summed E-state index contributed by atoms with van der Waals surface area (Å²) in [6.45, 7) is 7.40. The third-order valence-corrected chi connectivity index (χ3v) is 9.75. The Morgan fingerprint density at radius 3 is 2.48 bits per heavy atom. The minimum Gasteiger partial charge on any atom is -0.387 e. The zero-order valence-electron chi connectivity index (χ0n) is 27.2. The fraction of sp³-hybridized carbons (Fsp3) is 0.647. The van der Waals surface area contributed by atoms with Gasteiger partial charge in [-0.3, -0.25) is 24.0 Å². The summed E-state index contributed by atoms with van der Waals surface area (Å²) < 4.78 is 13.9. The third-order valence-electron chi connectivity index (χ3n) is 9.46. The minimum atomic E-state index is -1.11. The van der Waals surface area contributed by atoms with Crippen molar-refractivity contribution in [2.75, 3.05) is 6.54 Å². The first-order valence-electron chi connectivity index (χ1n) is 16.3. The maximum atomic E-state index is 14.4. The van der Waals surface area contributed by atoms with E-state index in [1.807, 2.05) is 27.7 Å². The highest BCUT2D eigenvalue weighted by molar-refractivity contribution is 6.36. The lowest BCUT2D eigenvalue weighted by molar-refractivity contribution is -0.145. The van der Waals surface area contributed by atoms with Gasteiger partial charge in [-0.15, -0.1) is 0 Å². The third kappa shape index (κ3) is 8.32. The second-order valence-electron chi connectivity index (χ2n) is 14.3. The quantitative estimate of drug-likeness (QED) is 0.306. The average molecular weight is 661 g/mol. The van der Waals surface area contributed by atoms with Crippen molar-refractivity contribution in [1.29, 1.82) is 0 Å². The second kappa shape index (κ2) is 14.6. The number of hydrogen-bond donors (Lipinski definition) is 2. The molecule has 0 bridgehead atoms. The van der Waals surface area contributed by atoms with Gasteiger partial charge in [0.1, 0.15) is 11.9 Å². The number of nitrogens with one attached hydrogen (secondary N) is 1. The monoisotopic (exact) mass is 660 g/mol. The van der Waals surface area contributed by atoms with Crippen LogP contribution in [-0.2, 0) is 28.8 Å². The molecule has 0 unspecified atom stereocenters. The Kier molecular flexibility index (Phi) is 11.3. The van der Waals surface area contributed by atoms with Crippen LogP contribution >= 0.6 is 11.6 Å². The van der Waals surface area contributed by atoms with E-state index in [1.165, 1.54) is 29.5 Å². The van der Waals surface area contributed by atoms with Gasteiger partial charge in [0.2, 0.25) is 17.6 Å². The Morgan fingerprint density at radius 1 is 1.17 bits per heavy atom. The molecule has 0 radical (unpaired) electrons. The number of primary amides is 1. The minimum absolute atomic E-state index is 0.00253. The molecule has 2 aliphatic heterocycles. The lowest BCUT2D eigenvalue weighted by atomic mass is 9.84. The van der Waals surface area contributed by atoms with Crippen LogP contribution in [-0.4, -0.2) is 64.1 Å². The molecule has 3 aliphatic rings. The van der Waals surface area contributed by atoms with Gasteiger partial charge in [-0.05, 0) is 42.7 Å². The zero-order chi connectivity index (χ0) is 33.8. The fourth-order valence-electron chi connectivity index (χ4n) is 6.96. The van der Waals surface area contributed by atoms with E-state index >= 15 is 0 Å². The SMILES string of the molecule is CCC[C@H](CC(=O)[C@@H]1C[C@]2(CC(c3ccc(F)c(Cl)c3)=NO2)CN1C(=O)[C@@H](NC(=O)CC1CCCCC1)C(C)(C)C)C(=O)C(N)=O. The molecule has 1 aliphatic carbocycles. The number of benzene rings is 1. The summed E-state index contributed by atoms with van der Waals surface area (Å²) in [6, 6.07) is 2.27. The number of likely N-dealkylation sites (tertiary alicyclic amines) is 1. The van der Waals surface area contributed by atoms with Gasteiger partial charge in [-0.1, -0.05) is 76.2 Å². The van der Waals surface area contributed by atoms with Crippen molar-refractivity contribution in [2.45, 2.75) is 116 Å². The van der Waals surface area contributed by atoms with Crippen molar-refractivity contribution in [2.24, 2.45) is 28.1 Å². The van der Waals surface area contributed by atoms with Crippen molar-refractivity contribution in [1.82, 2.24) is 10.2 Å². The number of halogens is 2. The van der Waals surface area contributed by atoms with Crippen LogP contribution in [0.5, 0.6) is 0 Å². The molecule has 1 aromatic rings. The smallest absolute Gasteiger partial charge is 0.285 e. The molecule has 46 heavy (non-hydrogen) atoms. The van der Waals surface area contributed by atoms with Crippen LogP contribution in [0.4, 0.5) is 4.39 Å². The fourth-order valence-corrected chi connectivity index (χ4v) is 7.14. The molecule has 1 spiro atoms. The van der Waals surface area contributed by atoms with E-state index in [0.717, 1.165) is 25.7 Å². The number of oxime groups is 1. The molecule has 1 saturated heterocycles. The van der Waals surface area contributed by atoms with Gasteiger partial charge >= 0.3 is 0 Å². The standard InChI is InChI=1S/C34H46ClFN4O6/c1-5-9-22(29(43)31(37)44)16-27(41)26-18-34(17-25(39-46-34)21-12-13-24(36)23(35)15-21)19-40(26)32(45)30(33(2,3)4)38-28(42)14-20-10-7-6-8-11-20/h12-13,15,20,22,26,30H,5-11,14,16-19H2,1-4H3,(H2,37,44)(H,38,42)/t22-,26+,30-,34-/m1/s1. The summed E-state index contributed by atoms with van der Waals surface area (Å²) in [4.78, 5) is 73.4. The summed E-state index contributed by atoms with van der Waals surface area (Å²) in [6.07, 6.45) is 6.50. The first-order valence-corrected chi connectivity index (χ1v) is 16.7. The average Bonchev–Trinajstić information content (AvgIpc) is 3.59. The van der Waals surface area contributed by atoms with E-state index in [9.17, 15) is 28.4 Å². The molecule has 3 amide bonds. The highest BCUT2D eigenvalue weighted by atomic mass is 35.5. The van der Waals surface area contributed by atoms with Crippen LogP contribution < -0.4 is 11.1 Å². The topological polar surface area (TPSA) is 148 Å². The van der Waals surface area contributed by atoms with Gasteiger partial charge < -0.3 is 20.8 Å². The van der Waals surface area contributed by atoms with Gasteiger partial charge in [0.25, 0.3) is 5.91 Å². The predicted molar refractivity (Wildman–Crippen MR) is 171 cm³/mol. The molecular formula is C34H46ClFN4O6. The van der Waals surface area contributed by atoms with Crippen molar-refractivity contribution < 1.29 is 33.2 Å². The lowest BCUT2D eigenvalue weighted by Gasteiger charge is -2.36. The number of carbonyl (C=O) groups excluding carboxylic acids is 5. The van der Waals surface area contributed by atoms with Crippen molar-refractivity contribution in [3.63, 3.8) is 0 Å². The number of amides is 3. The Bertz CT molecular complexity index is 1390. The number of carbonyl (C=O) groups is 5. The van der Waals surface area contributed by atoms with Crippen LogP contribution in [0.3, 0.4) is 0 Å². The largest absolute Gasteiger partial charge is 0.387 e. The van der Waals surface area contributed by atoms with Crippen molar-refractivity contribution in [3.8, 4) is 0 Å². The molecule has 10 nitrogen and oxygen atoms in total. The van der Waals surface area contributed by atoms with E-state index in [1.54, 1.807) is 0 Å². The van der Waals surface area contributed by atoms with Gasteiger partial charge in [0, 0.05) is 37.2 Å². The second-order valence-corrected chi connectivity index (χ2v) is 14.7. The van der Waals surface area contributed by atoms with Gasteiger partial charge in [0.15, 0.2) is 11.4 Å². The van der Waals surface area contributed by atoms with Crippen molar-refractivity contribution >= 4 is 46.6 Å². The Morgan fingerprint density at radius 2 is 1.87 bits per heavy atom. The van der Waals surface area contributed by atoms with Gasteiger partial charge in [-0.2, -0.15) is 0 Å². The number of nitrogens with two attached hydrogens (primary N) is 1. The van der Waals surface area contributed by atoms with Crippen LogP contribution in [0, 0.1) is 23.1 Å². The molecule has 4 rings (SSSR count). The molecule has 1 saturated carbocycles. The van der Waals surface area contributed by atoms with Gasteiger partial charge in [-0.25, -0.2) is 4.39 Å². The molecule has 12 heteroatoms. The Balaban J connectivity index is 1.61. The summed E-state index contributed by atoms with van der Waals surface area (Å²) in [5.74, 6) is -4.18. The van der Waals surface area contributed by atoms with Crippen molar-refractivity contribution in [3.05, 3.63) is 34.6 Å². The molecule has 2 heterocycles. The van der Waals surface area contributed by atoms with Crippen LogP contribution in [0.1, 0.15) is 104 Å². The zero-order valence-corrected chi connectivity index (χ0v) is 28.0. The molecule has 3 N–H and O–H groups in total. The number of hydrogen-bond acceptors (Lipinski definition) is 7. The lowest BCUT2D eigenvalue weighted by Crippen LogP contribution is -2.57. The Labute approximate surface area is 275 Å². The first kappa shape index (κ1) is 35.5. The first-order chi connectivity index (χ1) is 21.6. The molecule has 4 atom stereocenters. The number of nitrogens with zero attached hydrogens (tertiary/aromatic N) is 2.